The van der Waals surface area contributed by atoms with E-state index >= 15 is 4.39 Å². The van der Waals surface area contributed by atoms with Gasteiger partial charge in [0.15, 0.2) is 11.6 Å². The number of likely N-dealkylation sites (tertiary alicyclic amines) is 1. The fraction of sp³-hybridized carbons (Fsp3) is 0.417. The molecule has 3 heterocycles. The molecule has 1 amide bonds. The average molecular weight is 501 g/mol. The van der Waals surface area contributed by atoms with Gasteiger partial charge in [-0.15, -0.1) is 0 Å². The largest absolute Gasteiger partial charge is 0.358 e. The number of rotatable bonds is 7. The van der Waals surface area contributed by atoms with E-state index in [-0.39, 0.29) is 29.6 Å². The van der Waals surface area contributed by atoms with Crippen LogP contribution in [-0.4, -0.2) is 57.2 Å². The molecule has 4 rings (SSSR count). The van der Waals surface area contributed by atoms with Gasteiger partial charge < -0.3 is 16.0 Å². The first-order valence-electron chi connectivity index (χ1n) is 11.6. The quantitative estimate of drug-likeness (QED) is 0.380. The Labute approximate surface area is 208 Å². The van der Waals surface area contributed by atoms with Crippen LogP contribution in [0.2, 0.25) is 5.02 Å². The first-order valence-corrected chi connectivity index (χ1v) is 12.0. The third kappa shape index (κ3) is 5.71. The van der Waals surface area contributed by atoms with Crippen molar-refractivity contribution >= 4 is 40.8 Å². The molecule has 186 valence electrons. The van der Waals surface area contributed by atoms with E-state index in [1.807, 2.05) is 26.8 Å². The highest BCUT2D eigenvalue weighted by Gasteiger charge is 2.28. The molecule has 11 heteroatoms. The molecular formula is C24H30ClFN8O. The summed E-state index contributed by atoms with van der Waals surface area (Å²) in [5.74, 6) is 1.03. The molecule has 9 nitrogen and oxygen atoms in total. The molecule has 1 fully saturated rings. The minimum atomic E-state index is -0.372. The summed E-state index contributed by atoms with van der Waals surface area (Å²) in [5.41, 5.74) is 3.17. The van der Waals surface area contributed by atoms with Gasteiger partial charge in [0.05, 0.1) is 17.9 Å². The SMILES string of the molecule is CNC(=O)[C@H](C)N1CCC(c2cc(F)c(Nc3ncc(Cl)c(Nc4cc(C)[nH]n4)n3)cc2C)CC1. The zero-order valence-corrected chi connectivity index (χ0v) is 21.0. The number of carbonyl (C=O) groups excluding carboxylic acids is 1. The van der Waals surface area contributed by atoms with Gasteiger partial charge >= 0.3 is 0 Å². The van der Waals surface area contributed by atoms with Crippen LogP contribution in [0.15, 0.2) is 24.4 Å². The van der Waals surface area contributed by atoms with Crippen LogP contribution in [0.3, 0.4) is 0 Å². The predicted molar refractivity (Wildman–Crippen MR) is 135 cm³/mol. The molecule has 0 radical (unpaired) electrons. The monoisotopic (exact) mass is 500 g/mol. The van der Waals surface area contributed by atoms with Gasteiger partial charge in [-0.05, 0) is 75.9 Å². The lowest BCUT2D eigenvalue weighted by molar-refractivity contribution is -0.125. The Morgan fingerprint density at radius 2 is 1.97 bits per heavy atom. The van der Waals surface area contributed by atoms with Crippen LogP contribution in [0, 0.1) is 19.7 Å². The average Bonchev–Trinajstić information content (AvgIpc) is 3.26. The van der Waals surface area contributed by atoms with Crippen molar-refractivity contribution in [3.05, 3.63) is 52.1 Å². The molecule has 1 aliphatic rings. The summed E-state index contributed by atoms with van der Waals surface area (Å²) < 4.78 is 15.1. The molecule has 2 aromatic heterocycles. The third-order valence-corrected chi connectivity index (χ3v) is 6.72. The number of halogens is 2. The van der Waals surface area contributed by atoms with E-state index < -0.39 is 0 Å². The highest BCUT2D eigenvalue weighted by molar-refractivity contribution is 6.32. The predicted octanol–water partition coefficient (Wildman–Crippen LogP) is 4.41. The number of likely N-dealkylation sites (N-methyl/N-ethyl adjacent to an activating group) is 1. The van der Waals surface area contributed by atoms with Crippen LogP contribution in [-0.2, 0) is 4.79 Å². The van der Waals surface area contributed by atoms with Crippen molar-refractivity contribution in [1.29, 1.82) is 0 Å². The number of aromatic nitrogens is 4. The number of aromatic amines is 1. The molecule has 3 aromatic rings. The van der Waals surface area contributed by atoms with Crippen molar-refractivity contribution < 1.29 is 9.18 Å². The summed E-state index contributed by atoms with van der Waals surface area (Å²) in [5, 5.41) is 16.0. The lowest BCUT2D eigenvalue weighted by Gasteiger charge is -2.35. The van der Waals surface area contributed by atoms with Crippen molar-refractivity contribution in [1.82, 2.24) is 30.4 Å². The van der Waals surface area contributed by atoms with E-state index in [0.717, 1.165) is 42.8 Å². The van der Waals surface area contributed by atoms with Gasteiger partial charge in [-0.25, -0.2) is 9.37 Å². The van der Waals surface area contributed by atoms with E-state index in [1.165, 1.54) is 6.20 Å². The molecule has 0 spiro atoms. The topological polar surface area (TPSA) is 111 Å². The second-order valence-corrected chi connectivity index (χ2v) is 9.27. The number of nitrogens with one attached hydrogen (secondary N) is 4. The number of piperidine rings is 1. The van der Waals surface area contributed by atoms with Crippen molar-refractivity contribution in [3.63, 3.8) is 0 Å². The van der Waals surface area contributed by atoms with Gasteiger partial charge in [0.25, 0.3) is 0 Å². The van der Waals surface area contributed by atoms with E-state index in [9.17, 15) is 4.79 Å². The minimum Gasteiger partial charge on any atom is -0.358 e. The van der Waals surface area contributed by atoms with Crippen LogP contribution >= 0.6 is 11.6 Å². The molecule has 1 aromatic carbocycles. The normalized spacial score (nSPS) is 15.6. The maximum atomic E-state index is 15.1. The fourth-order valence-electron chi connectivity index (χ4n) is 4.44. The summed E-state index contributed by atoms with van der Waals surface area (Å²) >= 11 is 6.22. The number of H-pyrrole nitrogens is 1. The van der Waals surface area contributed by atoms with Gasteiger partial charge in [-0.3, -0.25) is 14.8 Å². The van der Waals surface area contributed by atoms with Crippen molar-refractivity contribution in [2.45, 2.75) is 45.6 Å². The van der Waals surface area contributed by atoms with Gasteiger partial charge in [0.2, 0.25) is 11.9 Å². The third-order valence-electron chi connectivity index (χ3n) is 6.44. The maximum Gasteiger partial charge on any atom is 0.236 e. The van der Waals surface area contributed by atoms with Crippen molar-refractivity contribution in [2.75, 3.05) is 30.8 Å². The Morgan fingerprint density at radius 1 is 1.23 bits per heavy atom. The molecule has 0 bridgehead atoms. The van der Waals surface area contributed by atoms with Crippen LogP contribution in [0.1, 0.15) is 42.5 Å². The second kappa shape index (κ2) is 10.6. The minimum absolute atomic E-state index is 0.0170. The number of nitrogens with zero attached hydrogens (tertiary/aromatic N) is 4. The maximum absolute atomic E-state index is 15.1. The molecule has 0 unspecified atom stereocenters. The van der Waals surface area contributed by atoms with Crippen molar-refractivity contribution in [2.24, 2.45) is 0 Å². The molecule has 1 aliphatic heterocycles. The Morgan fingerprint density at radius 3 is 2.63 bits per heavy atom. The number of anilines is 4. The van der Waals surface area contributed by atoms with Crippen molar-refractivity contribution in [3.8, 4) is 0 Å². The summed E-state index contributed by atoms with van der Waals surface area (Å²) in [6, 6.07) is 5.03. The Hall–Kier alpha value is -3.24. The number of aryl methyl sites for hydroxylation is 2. The number of hydrogen-bond donors (Lipinski definition) is 4. The second-order valence-electron chi connectivity index (χ2n) is 8.87. The summed E-state index contributed by atoms with van der Waals surface area (Å²) in [7, 11) is 1.65. The van der Waals surface area contributed by atoms with Crippen LogP contribution < -0.4 is 16.0 Å². The number of hydrogen-bond acceptors (Lipinski definition) is 7. The first kappa shape index (κ1) is 24.9. The van der Waals surface area contributed by atoms with Gasteiger partial charge in [-0.1, -0.05) is 11.6 Å². The lowest BCUT2D eigenvalue weighted by atomic mass is 9.86. The summed E-state index contributed by atoms with van der Waals surface area (Å²) in [6.45, 7) is 7.37. The molecule has 1 saturated heterocycles. The molecule has 0 saturated carbocycles. The Bertz CT molecular complexity index is 1210. The van der Waals surface area contributed by atoms with Gasteiger partial charge in [-0.2, -0.15) is 10.1 Å². The number of amides is 1. The highest BCUT2D eigenvalue weighted by Crippen LogP contribution is 2.34. The van der Waals surface area contributed by atoms with Crippen LogP contribution in [0.25, 0.3) is 0 Å². The smallest absolute Gasteiger partial charge is 0.236 e. The highest BCUT2D eigenvalue weighted by atomic mass is 35.5. The number of carbonyl (C=O) groups is 1. The zero-order valence-electron chi connectivity index (χ0n) is 20.2. The Balaban J connectivity index is 1.46. The molecule has 0 aliphatic carbocycles. The molecule has 35 heavy (non-hydrogen) atoms. The molecular weight excluding hydrogens is 471 g/mol. The van der Waals surface area contributed by atoms with Gasteiger partial charge in [0.1, 0.15) is 10.8 Å². The number of benzene rings is 1. The zero-order chi connectivity index (χ0) is 25.1. The summed E-state index contributed by atoms with van der Waals surface area (Å²) in [6.07, 6.45) is 3.19. The first-order chi connectivity index (χ1) is 16.7. The van der Waals surface area contributed by atoms with E-state index in [4.69, 9.17) is 11.6 Å². The standard InChI is InChI=1S/C24H30ClFN8O/c1-13-9-20(29-24-28-12-18(25)22(31-24)30-21-10-14(2)32-33-21)19(26)11-17(13)16-5-7-34(8-6-16)15(3)23(35)27-4/h9-12,15-16H,5-8H2,1-4H3,(H,27,35)(H3,28,29,30,31,32,33)/t15-/m0/s1. The van der Waals surface area contributed by atoms with E-state index in [0.29, 0.717) is 22.3 Å². The molecule has 1 atom stereocenters. The van der Waals surface area contributed by atoms with Crippen LogP contribution in [0.5, 0.6) is 0 Å². The summed E-state index contributed by atoms with van der Waals surface area (Å²) in [4.78, 5) is 22.7. The van der Waals surface area contributed by atoms with Gasteiger partial charge in [0, 0.05) is 18.8 Å². The lowest BCUT2D eigenvalue weighted by Crippen LogP contribution is -2.47. The Kier molecular flexibility index (Phi) is 7.51. The van der Waals surface area contributed by atoms with Crippen LogP contribution in [0.4, 0.5) is 27.7 Å². The van der Waals surface area contributed by atoms with E-state index in [2.05, 4.69) is 41.0 Å². The van der Waals surface area contributed by atoms with E-state index in [1.54, 1.807) is 19.2 Å². The fourth-order valence-corrected chi connectivity index (χ4v) is 4.58. The molecule has 4 N–H and O–H groups in total.